The third-order valence-electron chi connectivity index (χ3n) is 4.99. The second-order valence-electron chi connectivity index (χ2n) is 7.08. The lowest BCUT2D eigenvalue weighted by Gasteiger charge is -2.16. The molecule has 1 amide bonds. The lowest BCUT2D eigenvalue weighted by molar-refractivity contribution is 0.102. The molecule has 1 aliphatic rings. The van der Waals surface area contributed by atoms with Gasteiger partial charge >= 0.3 is 0 Å². The van der Waals surface area contributed by atoms with E-state index in [0.717, 1.165) is 33.4 Å². The van der Waals surface area contributed by atoms with Gasteiger partial charge in [0.2, 0.25) is 0 Å². The SMILES string of the molecule is CCN(CC)c1nc2sc(C(=O)Nc3cc(C)nn3C3CCS(=O)(=O)C3)cc2s1. The molecule has 1 fully saturated rings. The number of nitrogens with one attached hydrogen (secondary N) is 1. The molecule has 0 spiro atoms. The van der Waals surface area contributed by atoms with Gasteiger partial charge in [0, 0.05) is 19.2 Å². The fraction of sp³-hybridized carbons (Fsp3) is 0.500. The van der Waals surface area contributed by atoms with Gasteiger partial charge in [-0.25, -0.2) is 18.1 Å². The molecule has 0 aliphatic carbocycles. The monoisotopic (exact) mass is 453 g/mol. The molecule has 4 rings (SSSR count). The van der Waals surface area contributed by atoms with Gasteiger partial charge in [0.05, 0.1) is 32.8 Å². The maximum Gasteiger partial charge on any atom is 0.267 e. The highest BCUT2D eigenvalue weighted by atomic mass is 32.2. The van der Waals surface area contributed by atoms with Crippen molar-refractivity contribution < 1.29 is 13.2 Å². The van der Waals surface area contributed by atoms with Crippen LogP contribution in [0.2, 0.25) is 0 Å². The smallest absolute Gasteiger partial charge is 0.267 e. The van der Waals surface area contributed by atoms with Gasteiger partial charge in [-0.1, -0.05) is 11.3 Å². The average Bonchev–Trinajstić information content (AvgIpc) is 3.39. The molecule has 1 unspecified atom stereocenters. The Kier molecular flexibility index (Phi) is 5.38. The van der Waals surface area contributed by atoms with E-state index in [9.17, 15) is 13.2 Å². The van der Waals surface area contributed by atoms with Crippen molar-refractivity contribution >= 4 is 58.9 Å². The van der Waals surface area contributed by atoms with E-state index in [4.69, 9.17) is 0 Å². The number of hydrogen-bond donors (Lipinski definition) is 1. The number of hydrogen-bond acceptors (Lipinski definition) is 8. The molecule has 3 aromatic heterocycles. The number of thiazole rings is 1. The van der Waals surface area contributed by atoms with Crippen LogP contribution in [0.3, 0.4) is 0 Å². The molecule has 1 atom stereocenters. The van der Waals surface area contributed by atoms with Crippen LogP contribution in [0.5, 0.6) is 0 Å². The van der Waals surface area contributed by atoms with E-state index in [1.165, 1.54) is 11.3 Å². The number of carbonyl (C=O) groups is 1. The summed E-state index contributed by atoms with van der Waals surface area (Å²) in [6.45, 7) is 7.81. The zero-order valence-electron chi connectivity index (χ0n) is 16.5. The number of nitrogens with zero attached hydrogens (tertiary/aromatic N) is 4. The van der Waals surface area contributed by atoms with Crippen LogP contribution in [0.15, 0.2) is 12.1 Å². The van der Waals surface area contributed by atoms with Crippen LogP contribution in [-0.4, -0.2) is 53.7 Å². The standard InChI is InChI=1S/C18H23N5O3S3/c1-4-22(5-2)18-20-17-14(28-18)9-13(27-17)16(24)19-15-8-11(3)21-23(15)12-6-7-29(25,26)10-12/h8-9,12H,4-7,10H2,1-3H3,(H,19,24). The summed E-state index contributed by atoms with van der Waals surface area (Å²) >= 11 is 2.95. The number of aryl methyl sites for hydroxylation is 1. The third-order valence-corrected chi connectivity index (χ3v) is 8.96. The van der Waals surface area contributed by atoms with Crippen molar-refractivity contribution in [2.45, 2.75) is 33.2 Å². The maximum atomic E-state index is 12.8. The van der Waals surface area contributed by atoms with E-state index in [1.807, 2.05) is 13.0 Å². The van der Waals surface area contributed by atoms with Crippen molar-refractivity contribution in [3.8, 4) is 0 Å². The van der Waals surface area contributed by atoms with E-state index >= 15 is 0 Å². The summed E-state index contributed by atoms with van der Waals surface area (Å²) < 4.78 is 26.3. The zero-order valence-corrected chi connectivity index (χ0v) is 19.0. The van der Waals surface area contributed by atoms with Gasteiger partial charge in [-0.2, -0.15) is 5.10 Å². The van der Waals surface area contributed by atoms with Gasteiger partial charge in [0.15, 0.2) is 15.0 Å². The predicted octanol–water partition coefficient (Wildman–Crippen LogP) is 3.32. The first-order chi connectivity index (χ1) is 13.8. The molecule has 1 saturated heterocycles. The van der Waals surface area contributed by atoms with Crippen molar-refractivity contribution in [3.63, 3.8) is 0 Å². The van der Waals surface area contributed by atoms with Crippen LogP contribution in [0, 0.1) is 6.92 Å². The molecule has 1 N–H and O–H groups in total. The minimum Gasteiger partial charge on any atom is -0.349 e. The number of rotatable bonds is 6. The predicted molar refractivity (Wildman–Crippen MR) is 118 cm³/mol. The molecule has 0 radical (unpaired) electrons. The van der Waals surface area contributed by atoms with Crippen molar-refractivity contribution in [1.82, 2.24) is 14.8 Å². The van der Waals surface area contributed by atoms with Crippen LogP contribution >= 0.6 is 22.7 Å². The maximum absolute atomic E-state index is 12.8. The van der Waals surface area contributed by atoms with E-state index in [0.29, 0.717) is 17.1 Å². The van der Waals surface area contributed by atoms with Gasteiger partial charge in [-0.15, -0.1) is 11.3 Å². The number of carbonyl (C=O) groups excluding carboxylic acids is 1. The highest BCUT2D eigenvalue weighted by molar-refractivity contribution is 7.91. The lowest BCUT2D eigenvalue weighted by Crippen LogP contribution is -2.21. The molecule has 8 nitrogen and oxygen atoms in total. The highest BCUT2D eigenvalue weighted by Crippen LogP contribution is 2.35. The summed E-state index contributed by atoms with van der Waals surface area (Å²) in [5.74, 6) is 0.518. The highest BCUT2D eigenvalue weighted by Gasteiger charge is 2.31. The van der Waals surface area contributed by atoms with Gasteiger partial charge in [0.25, 0.3) is 5.91 Å². The summed E-state index contributed by atoms with van der Waals surface area (Å²) in [5.41, 5.74) is 0.738. The van der Waals surface area contributed by atoms with Crippen LogP contribution in [0.4, 0.5) is 10.9 Å². The molecular weight excluding hydrogens is 430 g/mol. The molecule has 156 valence electrons. The average molecular weight is 454 g/mol. The summed E-state index contributed by atoms with van der Waals surface area (Å²) in [5, 5.41) is 8.29. The first-order valence-corrected chi connectivity index (χ1v) is 13.0. The second-order valence-corrected chi connectivity index (χ2v) is 11.3. The topological polar surface area (TPSA) is 97.2 Å². The Morgan fingerprint density at radius 2 is 2.07 bits per heavy atom. The fourth-order valence-corrected chi connectivity index (χ4v) is 7.43. The molecule has 3 aromatic rings. The molecule has 0 saturated carbocycles. The Balaban J connectivity index is 1.55. The second kappa shape index (κ2) is 7.69. The Morgan fingerprint density at radius 1 is 1.31 bits per heavy atom. The largest absolute Gasteiger partial charge is 0.349 e. The minimum atomic E-state index is -3.04. The minimum absolute atomic E-state index is 0.0593. The number of thiophene rings is 1. The molecule has 1 aliphatic heterocycles. The Labute approximate surface area is 177 Å². The molecule has 29 heavy (non-hydrogen) atoms. The van der Waals surface area contributed by atoms with Crippen molar-refractivity contribution in [3.05, 3.63) is 22.7 Å². The van der Waals surface area contributed by atoms with Gasteiger partial charge < -0.3 is 10.2 Å². The first kappa shape index (κ1) is 20.3. The summed E-state index contributed by atoms with van der Waals surface area (Å²) in [4.78, 5) is 21.1. The molecule has 11 heteroatoms. The third kappa shape index (κ3) is 4.03. The van der Waals surface area contributed by atoms with Crippen LogP contribution < -0.4 is 10.2 Å². The quantitative estimate of drug-likeness (QED) is 0.615. The van der Waals surface area contributed by atoms with Crippen molar-refractivity contribution in [1.29, 1.82) is 0 Å². The number of aromatic nitrogens is 3. The number of anilines is 2. The van der Waals surface area contributed by atoms with E-state index in [-0.39, 0.29) is 23.5 Å². The first-order valence-electron chi connectivity index (χ1n) is 9.53. The van der Waals surface area contributed by atoms with Gasteiger partial charge in [0.1, 0.15) is 10.6 Å². The summed E-state index contributed by atoms with van der Waals surface area (Å²) in [7, 11) is -3.04. The Morgan fingerprint density at radius 3 is 2.69 bits per heavy atom. The van der Waals surface area contributed by atoms with Gasteiger partial charge in [-0.05, 0) is 33.3 Å². The number of sulfone groups is 1. The number of fused-ring (bicyclic) bond motifs is 1. The normalized spacial score (nSPS) is 18.4. The fourth-order valence-electron chi connectivity index (χ4n) is 3.50. The Hall–Kier alpha value is -1.98. The van der Waals surface area contributed by atoms with Crippen LogP contribution in [-0.2, 0) is 9.84 Å². The lowest BCUT2D eigenvalue weighted by atomic mass is 10.3. The number of amides is 1. The van der Waals surface area contributed by atoms with Crippen molar-refractivity contribution in [2.75, 3.05) is 34.8 Å². The van der Waals surface area contributed by atoms with Crippen LogP contribution in [0.25, 0.3) is 9.53 Å². The molecular formula is C18H23N5O3S3. The van der Waals surface area contributed by atoms with E-state index in [2.05, 4.69) is 34.1 Å². The van der Waals surface area contributed by atoms with E-state index < -0.39 is 9.84 Å². The van der Waals surface area contributed by atoms with E-state index in [1.54, 1.807) is 22.1 Å². The molecule has 0 bridgehead atoms. The summed E-state index contributed by atoms with van der Waals surface area (Å²) in [6, 6.07) is 3.40. The van der Waals surface area contributed by atoms with Crippen molar-refractivity contribution in [2.24, 2.45) is 0 Å². The molecule has 0 aromatic carbocycles. The Bertz CT molecular complexity index is 1130. The van der Waals surface area contributed by atoms with Gasteiger partial charge in [-0.3, -0.25) is 4.79 Å². The van der Waals surface area contributed by atoms with Crippen LogP contribution in [0.1, 0.15) is 41.7 Å². The molecule has 4 heterocycles. The zero-order chi connectivity index (χ0) is 20.8. The summed E-state index contributed by atoms with van der Waals surface area (Å²) in [6.07, 6.45) is 0.513.